The molecule has 0 aliphatic carbocycles. The van der Waals surface area contributed by atoms with Gasteiger partial charge in [-0.2, -0.15) is 5.10 Å². The monoisotopic (exact) mass is 310 g/mol. The summed E-state index contributed by atoms with van der Waals surface area (Å²) in [4.78, 5) is 16.0. The molecule has 1 unspecified atom stereocenters. The predicted octanol–water partition coefficient (Wildman–Crippen LogP) is 2.15. The van der Waals surface area contributed by atoms with E-state index in [0.717, 1.165) is 0 Å². The smallest absolute Gasteiger partial charge is 0.249 e. The van der Waals surface area contributed by atoms with Crippen LogP contribution in [0.2, 0.25) is 5.02 Å². The summed E-state index contributed by atoms with van der Waals surface area (Å²) in [6.07, 6.45) is 2.85. The van der Waals surface area contributed by atoms with Crippen molar-refractivity contribution in [3.05, 3.63) is 29.8 Å². The van der Waals surface area contributed by atoms with Crippen LogP contribution in [0.1, 0.15) is 13.0 Å². The summed E-state index contributed by atoms with van der Waals surface area (Å²) in [6, 6.07) is 2.67. The van der Waals surface area contributed by atoms with Crippen LogP contribution < -0.4 is 14.8 Å². The minimum absolute atomic E-state index is 0.261. The highest BCUT2D eigenvalue weighted by molar-refractivity contribution is 6.32. The summed E-state index contributed by atoms with van der Waals surface area (Å²) in [6.45, 7) is 1.71. The van der Waals surface area contributed by atoms with E-state index < -0.39 is 6.04 Å². The molecule has 0 aliphatic rings. The summed E-state index contributed by atoms with van der Waals surface area (Å²) in [7, 11) is 2.99. The third-order valence-corrected chi connectivity index (χ3v) is 3.24. The van der Waals surface area contributed by atoms with E-state index in [9.17, 15) is 4.79 Å². The zero-order chi connectivity index (χ0) is 15.4. The fourth-order valence-electron chi connectivity index (χ4n) is 1.73. The number of amides is 1. The van der Waals surface area contributed by atoms with E-state index in [1.165, 1.54) is 31.6 Å². The Morgan fingerprint density at radius 1 is 1.33 bits per heavy atom. The number of aromatic nitrogens is 3. The second kappa shape index (κ2) is 6.45. The topological polar surface area (TPSA) is 78.3 Å². The lowest BCUT2D eigenvalue weighted by atomic mass is 10.2. The van der Waals surface area contributed by atoms with Gasteiger partial charge in [0.05, 0.1) is 24.9 Å². The highest BCUT2D eigenvalue weighted by Crippen LogP contribution is 2.36. The van der Waals surface area contributed by atoms with E-state index in [0.29, 0.717) is 22.2 Å². The number of anilines is 1. The molecule has 8 heteroatoms. The second-order valence-corrected chi connectivity index (χ2v) is 4.63. The van der Waals surface area contributed by atoms with Crippen LogP contribution in [0.3, 0.4) is 0 Å². The highest BCUT2D eigenvalue weighted by atomic mass is 35.5. The number of carbonyl (C=O) groups is 1. The van der Waals surface area contributed by atoms with Crippen LogP contribution >= 0.6 is 11.6 Å². The molecule has 1 amide bonds. The molecule has 1 aromatic carbocycles. The van der Waals surface area contributed by atoms with E-state index in [2.05, 4.69) is 15.4 Å². The Hall–Kier alpha value is -2.28. The van der Waals surface area contributed by atoms with Crippen molar-refractivity contribution in [1.82, 2.24) is 14.8 Å². The zero-order valence-corrected chi connectivity index (χ0v) is 12.6. The van der Waals surface area contributed by atoms with Gasteiger partial charge in [0, 0.05) is 12.1 Å². The Morgan fingerprint density at radius 2 is 2.05 bits per heavy atom. The maximum Gasteiger partial charge on any atom is 0.249 e. The molecule has 1 heterocycles. The fourth-order valence-corrected chi connectivity index (χ4v) is 1.96. The Morgan fingerprint density at radius 3 is 2.62 bits per heavy atom. The van der Waals surface area contributed by atoms with Gasteiger partial charge in [-0.1, -0.05) is 11.6 Å². The number of halogens is 1. The first kappa shape index (κ1) is 15.1. The largest absolute Gasteiger partial charge is 0.495 e. The molecule has 0 radical (unpaired) electrons. The number of benzene rings is 1. The Bertz CT molecular complexity index is 631. The van der Waals surface area contributed by atoms with E-state index >= 15 is 0 Å². The summed E-state index contributed by atoms with van der Waals surface area (Å²) in [5, 5.41) is 7.10. The van der Waals surface area contributed by atoms with Gasteiger partial charge in [-0.05, 0) is 6.92 Å². The summed E-state index contributed by atoms with van der Waals surface area (Å²) in [5.74, 6) is 0.629. The van der Waals surface area contributed by atoms with E-state index in [4.69, 9.17) is 21.1 Å². The molecule has 2 aromatic rings. The summed E-state index contributed by atoms with van der Waals surface area (Å²) >= 11 is 6.02. The third-order valence-electron chi connectivity index (χ3n) is 2.94. The van der Waals surface area contributed by atoms with Gasteiger partial charge in [-0.3, -0.25) is 4.79 Å². The van der Waals surface area contributed by atoms with E-state index in [-0.39, 0.29) is 5.91 Å². The standard InChI is InChI=1S/C13H15ClN4O3/c1-8(18-7-15-6-16-18)13(19)17-10-5-11(20-2)9(14)4-12(10)21-3/h4-8H,1-3H3,(H,17,19). The highest BCUT2D eigenvalue weighted by Gasteiger charge is 2.18. The average Bonchev–Trinajstić information content (AvgIpc) is 3.01. The van der Waals surface area contributed by atoms with Crippen LogP contribution in [0.4, 0.5) is 5.69 Å². The Kier molecular flexibility index (Phi) is 4.64. The number of carbonyl (C=O) groups excluding carboxylic acids is 1. The van der Waals surface area contributed by atoms with E-state index in [1.807, 2.05) is 0 Å². The van der Waals surface area contributed by atoms with Crippen molar-refractivity contribution in [3.63, 3.8) is 0 Å². The van der Waals surface area contributed by atoms with Crippen molar-refractivity contribution in [2.24, 2.45) is 0 Å². The van der Waals surface area contributed by atoms with Crippen LogP contribution in [0.15, 0.2) is 24.8 Å². The molecule has 0 spiro atoms. The molecule has 1 N–H and O–H groups in total. The number of rotatable bonds is 5. The summed E-state index contributed by atoms with van der Waals surface area (Å²) < 4.78 is 11.8. The normalized spacial score (nSPS) is 11.8. The first-order valence-corrected chi connectivity index (χ1v) is 6.51. The first-order chi connectivity index (χ1) is 10.1. The lowest BCUT2D eigenvalue weighted by Crippen LogP contribution is -2.24. The lowest BCUT2D eigenvalue weighted by molar-refractivity contribution is -0.119. The van der Waals surface area contributed by atoms with Crippen LogP contribution in [0.25, 0.3) is 0 Å². The van der Waals surface area contributed by atoms with Crippen molar-refractivity contribution >= 4 is 23.2 Å². The Balaban J connectivity index is 2.24. The molecule has 1 aromatic heterocycles. The predicted molar refractivity (Wildman–Crippen MR) is 77.9 cm³/mol. The van der Waals surface area contributed by atoms with Crippen molar-refractivity contribution in [3.8, 4) is 11.5 Å². The maximum absolute atomic E-state index is 12.2. The van der Waals surface area contributed by atoms with Gasteiger partial charge < -0.3 is 14.8 Å². The van der Waals surface area contributed by atoms with Crippen LogP contribution in [0.5, 0.6) is 11.5 Å². The van der Waals surface area contributed by atoms with Gasteiger partial charge in [-0.15, -0.1) is 0 Å². The molecule has 0 saturated carbocycles. The van der Waals surface area contributed by atoms with Crippen LogP contribution in [-0.2, 0) is 4.79 Å². The van der Waals surface area contributed by atoms with E-state index in [1.54, 1.807) is 19.1 Å². The van der Waals surface area contributed by atoms with Gasteiger partial charge >= 0.3 is 0 Å². The SMILES string of the molecule is COc1cc(NC(=O)C(C)n2cncn2)c(OC)cc1Cl. The number of hydrogen-bond acceptors (Lipinski definition) is 5. The van der Waals surface area contributed by atoms with Crippen LogP contribution in [-0.4, -0.2) is 34.9 Å². The second-order valence-electron chi connectivity index (χ2n) is 4.23. The van der Waals surface area contributed by atoms with Gasteiger partial charge in [-0.25, -0.2) is 9.67 Å². The van der Waals surface area contributed by atoms with Gasteiger partial charge in [0.25, 0.3) is 0 Å². The third kappa shape index (κ3) is 3.25. The first-order valence-electron chi connectivity index (χ1n) is 6.13. The number of hydrogen-bond donors (Lipinski definition) is 1. The number of methoxy groups -OCH3 is 2. The maximum atomic E-state index is 12.2. The fraction of sp³-hybridized carbons (Fsp3) is 0.308. The number of nitrogens with zero attached hydrogens (tertiary/aromatic N) is 3. The van der Waals surface area contributed by atoms with Gasteiger partial charge in [0.1, 0.15) is 30.2 Å². The molecule has 0 aliphatic heterocycles. The molecule has 1 atom stereocenters. The molecule has 0 bridgehead atoms. The van der Waals surface area contributed by atoms with Gasteiger partial charge in [0.15, 0.2) is 0 Å². The molecule has 0 fully saturated rings. The molecular weight excluding hydrogens is 296 g/mol. The van der Waals surface area contributed by atoms with Crippen LogP contribution in [0, 0.1) is 0 Å². The van der Waals surface area contributed by atoms with Crippen molar-refractivity contribution in [1.29, 1.82) is 0 Å². The quantitative estimate of drug-likeness (QED) is 0.915. The average molecular weight is 311 g/mol. The number of nitrogens with one attached hydrogen (secondary N) is 1. The molecule has 2 rings (SSSR count). The number of ether oxygens (including phenoxy) is 2. The zero-order valence-electron chi connectivity index (χ0n) is 11.8. The molecule has 112 valence electrons. The minimum Gasteiger partial charge on any atom is -0.495 e. The molecular formula is C13H15ClN4O3. The minimum atomic E-state index is -0.515. The molecule has 0 saturated heterocycles. The van der Waals surface area contributed by atoms with Crippen molar-refractivity contribution in [2.75, 3.05) is 19.5 Å². The molecule has 7 nitrogen and oxygen atoms in total. The summed E-state index contributed by atoms with van der Waals surface area (Å²) in [5.41, 5.74) is 0.468. The Labute approximate surface area is 126 Å². The van der Waals surface area contributed by atoms with Gasteiger partial charge in [0.2, 0.25) is 5.91 Å². The molecule has 21 heavy (non-hydrogen) atoms. The lowest BCUT2D eigenvalue weighted by Gasteiger charge is -2.16. The van der Waals surface area contributed by atoms with Crippen molar-refractivity contribution < 1.29 is 14.3 Å². The van der Waals surface area contributed by atoms with Crippen molar-refractivity contribution in [2.45, 2.75) is 13.0 Å².